The van der Waals surface area contributed by atoms with Gasteiger partial charge in [-0.05, 0) is 42.4 Å². The van der Waals surface area contributed by atoms with Gasteiger partial charge >= 0.3 is 0 Å². The molecule has 1 unspecified atom stereocenters. The molecule has 0 bridgehead atoms. The largest absolute Gasteiger partial charge is 0.396 e. The Balaban J connectivity index is 2.19. The van der Waals surface area contributed by atoms with Crippen LogP contribution in [0.5, 0.6) is 0 Å². The average Bonchev–Trinajstić information content (AvgIpc) is 2.26. The molecule has 102 valence electrons. The second kappa shape index (κ2) is 6.78. The molecule has 1 atom stereocenters. The second-order valence-corrected chi connectivity index (χ2v) is 7.28. The third kappa shape index (κ3) is 5.42. The van der Waals surface area contributed by atoms with Crippen molar-refractivity contribution in [2.75, 3.05) is 6.61 Å². The van der Waals surface area contributed by atoms with Gasteiger partial charge in [-0.25, -0.2) is 0 Å². The molecule has 1 nitrogen and oxygen atoms in total. The molecule has 0 spiro atoms. The van der Waals surface area contributed by atoms with E-state index in [4.69, 9.17) is 5.11 Å². The molecule has 0 saturated heterocycles. The standard InChI is InChI=1S/C16H32O/c1-13(11-12-17)5-6-14-7-9-15(10-8-14)16(2,3)4/h13-15,17H,5-12H2,1-4H3. The maximum Gasteiger partial charge on any atom is 0.0433 e. The molecule has 0 amide bonds. The number of hydrogen-bond donors (Lipinski definition) is 1. The molecule has 1 aliphatic rings. The molecule has 1 heteroatoms. The lowest BCUT2D eigenvalue weighted by molar-refractivity contribution is 0.142. The molecule has 1 saturated carbocycles. The van der Waals surface area contributed by atoms with Crippen LogP contribution in [0.4, 0.5) is 0 Å². The number of aliphatic hydroxyl groups excluding tert-OH is 1. The molecule has 1 fully saturated rings. The Labute approximate surface area is 108 Å². The van der Waals surface area contributed by atoms with Gasteiger partial charge in [-0.3, -0.25) is 0 Å². The SMILES string of the molecule is CC(CCO)CCC1CCC(C(C)(C)C)CC1. The molecule has 0 aromatic carbocycles. The van der Waals surface area contributed by atoms with Gasteiger partial charge in [0.05, 0.1) is 0 Å². The molecular weight excluding hydrogens is 208 g/mol. The van der Waals surface area contributed by atoms with E-state index in [0.717, 1.165) is 18.3 Å². The van der Waals surface area contributed by atoms with Crippen LogP contribution in [0.3, 0.4) is 0 Å². The highest BCUT2D eigenvalue weighted by Gasteiger charge is 2.29. The first-order chi connectivity index (χ1) is 7.93. The summed E-state index contributed by atoms with van der Waals surface area (Å²) in [6, 6.07) is 0. The third-order valence-electron chi connectivity index (χ3n) is 4.76. The van der Waals surface area contributed by atoms with E-state index < -0.39 is 0 Å². The van der Waals surface area contributed by atoms with E-state index in [-0.39, 0.29) is 0 Å². The van der Waals surface area contributed by atoms with Crippen molar-refractivity contribution in [2.24, 2.45) is 23.2 Å². The Morgan fingerprint density at radius 1 is 1.06 bits per heavy atom. The van der Waals surface area contributed by atoms with Crippen LogP contribution in [-0.2, 0) is 0 Å². The predicted molar refractivity (Wildman–Crippen MR) is 75.0 cm³/mol. The minimum absolute atomic E-state index is 0.359. The van der Waals surface area contributed by atoms with E-state index in [1.807, 2.05) is 0 Å². The zero-order valence-electron chi connectivity index (χ0n) is 12.3. The Morgan fingerprint density at radius 2 is 1.65 bits per heavy atom. The van der Waals surface area contributed by atoms with Gasteiger partial charge in [0.2, 0.25) is 0 Å². The first kappa shape index (κ1) is 15.0. The van der Waals surface area contributed by atoms with Crippen LogP contribution in [-0.4, -0.2) is 11.7 Å². The minimum atomic E-state index is 0.359. The van der Waals surface area contributed by atoms with E-state index in [1.54, 1.807) is 0 Å². The van der Waals surface area contributed by atoms with E-state index in [9.17, 15) is 0 Å². The molecule has 1 N–H and O–H groups in total. The molecule has 0 aliphatic heterocycles. The number of aliphatic hydroxyl groups is 1. The highest BCUT2D eigenvalue weighted by Crippen LogP contribution is 2.41. The summed E-state index contributed by atoms with van der Waals surface area (Å²) in [6.07, 6.45) is 9.42. The molecule has 0 heterocycles. The Bertz CT molecular complexity index is 196. The van der Waals surface area contributed by atoms with E-state index >= 15 is 0 Å². The van der Waals surface area contributed by atoms with E-state index in [1.165, 1.54) is 38.5 Å². The highest BCUT2D eigenvalue weighted by atomic mass is 16.3. The van der Waals surface area contributed by atoms with Crippen molar-refractivity contribution in [1.29, 1.82) is 0 Å². The second-order valence-electron chi connectivity index (χ2n) is 7.28. The maximum absolute atomic E-state index is 8.90. The number of hydrogen-bond acceptors (Lipinski definition) is 1. The van der Waals surface area contributed by atoms with Crippen molar-refractivity contribution in [2.45, 2.75) is 72.6 Å². The van der Waals surface area contributed by atoms with Crippen molar-refractivity contribution >= 4 is 0 Å². The van der Waals surface area contributed by atoms with Crippen LogP contribution in [0.2, 0.25) is 0 Å². The van der Waals surface area contributed by atoms with Crippen LogP contribution >= 0.6 is 0 Å². The molecule has 0 radical (unpaired) electrons. The van der Waals surface area contributed by atoms with Gasteiger partial charge in [-0.1, -0.05) is 53.4 Å². The van der Waals surface area contributed by atoms with Crippen molar-refractivity contribution in [3.8, 4) is 0 Å². The van der Waals surface area contributed by atoms with Gasteiger partial charge < -0.3 is 5.11 Å². The summed E-state index contributed by atoms with van der Waals surface area (Å²) in [4.78, 5) is 0. The molecule has 1 rings (SSSR count). The zero-order chi connectivity index (χ0) is 12.9. The van der Waals surface area contributed by atoms with Gasteiger partial charge in [-0.2, -0.15) is 0 Å². The van der Waals surface area contributed by atoms with Gasteiger partial charge in [0, 0.05) is 6.61 Å². The summed E-state index contributed by atoms with van der Waals surface area (Å²) in [6.45, 7) is 9.80. The fourth-order valence-electron chi connectivity index (χ4n) is 3.20. The summed E-state index contributed by atoms with van der Waals surface area (Å²) in [5, 5.41) is 8.90. The molecule has 1 aliphatic carbocycles. The van der Waals surface area contributed by atoms with E-state index in [2.05, 4.69) is 27.7 Å². The first-order valence-electron chi connectivity index (χ1n) is 7.54. The summed E-state index contributed by atoms with van der Waals surface area (Å²) >= 11 is 0. The normalized spacial score (nSPS) is 28.1. The van der Waals surface area contributed by atoms with Gasteiger partial charge in [-0.15, -0.1) is 0 Å². The van der Waals surface area contributed by atoms with Gasteiger partial charge in [0.15, 0.2) is 0 Å². The Morgan fingerprint density at radius 3 is 2.12 bits per heavy atom. The van der Waals surface area contributed by atoms with E-state index in [0.29, 0.717) is 17.9 Å². The maximum atomic E-state index is 8.90. The minimum Gasteiger partial charge on any atom is -0.396 e. The van der Waals surface area contributed by atoms with Crippen molar-refractivity contribution in [3.63, 3.8) is 0 Å². The van der Waals surface area contributed by atoms with Crippen molar-refractivity contribution < 1.29 is 5.11 Å². The highest BCUT2D eigenvalue weighted by molar-refractivity contribution is 4.80. The van der Waals surface area contributed by atoms with Crippen molar-refractivity contribution in [1.82, 2.24) is 0 Å². The third-order valence-corrected chi connectivity index (χ3v) is 4.76. The average molecular weight is 240 g/mol. The fraction of sp³-hybridized carbons (Fsp3) is 1.00. The zero-order valence-corrected chi connectivity index (χ0v) is 12.3. The topological polar surface area (TPSA) is 20.2 Å². The summed E-state index contributed by atoms with van der Waals surface area (Å²) in [5.74, 6) is 2.61. The molecule has 0 aromatic heterocycles. The summed E-state index contributed by atoms with van der Waals surface area (Å²) in [7, 11) is 0. The lowest BCUT2D eigenvalue weighted by Crippen LogP contribution is -2.26. The molecule has 17 heavy (non-hydrogen) atoms. The predicted octanol–water partition coefficient (Wildman–Crippen LogP) is 4.64. The van der Waals surface area contributed by atoms with Crippen LogP contribution < -0.4 is 0 Å². The fourth-order valence-corrected chi connectivity index (χ4v) is 3.20. The smallest absolute Gasteiger partial charge is 0.0433 e. The summed E-state index contributed by atoms with van der Waals surface area (Å²) in [5.41, 5.74) is 0.509. The van der Waals surface area contributed by atoms with Crippen LogP contribution in [0.1, 0.15) is 72.6 Å². The van der Waals surface area contributed by atoms with Crippen LogP contribution in [0.25, 0.3) is 0 Å². The van der Waals surface area contributed by atoms with Crippen LogP contribution in [0.15, 0.2) is 0 Å². The lowest BCUT2D eigenvalue weighted by Gasteiger charge is -2.37. The number of rotatable bonds is 5. The van der Waals surface area contributed by atoms with Crippen LogP contribution in [0, 0.1) is 23.2 Å². The Hall–Kier alpha value is -0.0400. The molecular formula is C16H32O. The monoisotopic (exact) mass is 240 g/mol. The van der Waals surface area contributed by atoms with Crippen molar-refractivity contribution in [3.05, 3.63) is 0 Å². The molecule has 0 aromatic rings. The van der Waals surface area contributed by atoms with Gasteiger partial charge in [0.25, 0.3) is 0 Å². The first-order valence-corrected chi connectivity index (χ1v) is 7.54. The van der Waals surface area contributed by atoms with Gasteiger partial charge in [0.1, 0.15) is 0 Å². The summed E-state index contributed by atoms with van der Waals surface area (Å²) < 4.78 is 0. The Kier molecular flexibility index (Phi) is 5.99. The quantitative estimate of drug-likeness (QED) is 0.742. The lowest BCUT2D eigenvalue weighted by atomic mass is 9.69.